The highest BCUT2D eigenvalue weighted by Crippen LogP contribution is 2.31. The first kappa shape index (κ1) is 12.3. The minimum Gasteiger partial charge on any atom is -0.334 e. The van der Waals surface area contributed by atoms with Crippen molar-refractivity contribution < 1.29 is 18.0 Å². The number of alkyl halides is 3. The lowest BCUT2D eigenvalue weighted by atomic mass is 10.1. The van der Waals surface area contributed by atoms with Crippen LogP contribution in [0, 0.1) is 6.92 Å². The molecule has 1 aromatic rings. The maximum Gasteiger partial charge on any atom is 0.471 e. The summed E-state index contributed by atoms with van der Waals surface area (Å²) in [6.07, 6.45) is -4.28. The zero-order chi connectivity index (χ0) is 12.6. The average molecular weight is 265 g/mol. The lowest BCUT2D eigenvalue weighted by Gasteiger charge is -2.17. The molecule has 17 heavy (non-hydrogen) atoms. The molecule has 1 aromatic heterocycles. The molecule has 1 amide bonds. The van der Waals surface area contributed by atoms with Crippen LogP contribution in [0.3, 0.4) is 0 Å². The SMILES string of the molecule is Cc1nnc(C2CCN(C(=O)C(F)(F)F)C2)s1. The summed E-state index contributed by atoms with van der Waals surface area (Å²) in [5.74, 6) is -1.88. The Bertz CT molecular complexity index is 431. The predicted octanol–water partition coefficient (Wildman–Crippen LogP) is 1.72. The number of hydrogen-bond acceptors (Lipinski definition) is 4. The van der Waals surface area contributed by atoms with Crippen LogP contribution < -0.4 is 0 Å². The van der Waals surface area contributed by atoms with Gasteiger partial charge in [-0.1, -0.05) is 0 Å². The Labute approximate surface area is 99.4 Å². The van der Waals surface area contributed by atoms with Gasteiger partial charge < -0.3 is 4.90 Å². The van der Waals surface area contributed by atoms with Crippen LogP contribution in [0.1, 0.15) is 22.4 Å². The largest absolute Gasteiger partial charge is 0.471 e. The summed E-state index contributed by atoms with van der Waals surface area (Å²) in [5.41, 5.74) is 0. The van der Waals surface area contributed by atoms with E-state index in [1.54, 1.807) is 6.92 Å². The molecule has 1 unspecified atom stereocenters. The molecule has 2 heterocycles. The maximum atomic E-state index is 12.2. The second kappa shape index (κ2) is 4.25. The van der Waals surface area contributed by atoms with Crippen molar-refractivity contribution >= 4 is 17.2 Å². The molecule has 0 aromatic carbocycles. The van der Waals surface area contributed by atoms with Crippen LogP contribution in [0.5, 0.6) is 0 Å². The zero-order valence-electron chi connectivity index (χ0n) is 8.99. The number of hydrogen-bond donors (Lipinski definition) is 0. The van der Waals surface area contributed by atoms with Gasteiger partial charge in [-0.05, 0) is 13.3 Å². The first-order valence-electron chi connectivity index (χ1n) is 5.04. The van der Waals surface area contributed by atoms with Crippen molar-refractivity contribution in [3.05, 3.63) is 10.0 Å². The van der Waals surface area contributed by atoms with Crippen LogP contribution >= 0.6 is 11.3 Å². The smallest absolute Gasteiger partial charge is 0.334 e. The summed E-state index contributed by atoms with van der Waals surface area (Å²) in [5, 5.41) is 9.21. The third kappa shape index (κ3) is 2.56. The van der Waals surface area contributed by atoms with Crippen LogP contribution in [-0.2, 0) is 4.79 Å². The quantitative estimate of drug-likeness (QED) is 0.776. The van der Waals surface area contributed by atoms with Gasteiger partial charge in [0, 0.05) is 19.0 Å². The van der Waals surface area contributed by atoms with Gasteiger partial charge in [-0.15, -0.1) is 21.5 Å². The minimum absolute atomic E-state index is 0.0764. The summed E-state index contributed by atoms with van der Waals surface area (Å²) in [7, 11) is 0. The summed E-state index contributed by atoms with van der Waals surface area (Å²) < 4.78 is 36.7. The fourth-order valence-electron chi connectivity index (χ4n) is 1.80. The third-order valence-electron chi connectivity index (χ3n) is 2.61. The normalized spacial score (nSPS) is 20.9. The zero-order valence-corrected chi connectivity index (χ0v) is 9.81. The van der Waals surface area contributed by atoms with Crippen molar-refractivity contribution in [3.8, 4) is 0 Å². The van der Waals surface area contributed by atoms with E-state index < -0.39 is 12.1 Å². The number of carbonyl (C=O) groups excluding carboxylic acids is 1. The molecule has 0 saturated carbocycles. The van der Waals surface area contributed by atoms with Crippen LogP contribution in [0.25, 0.3) is 0 Å². The molecular formula is C9H10F3N3OS. The highest BCUT2D eigenvalue weighted by molar-refractivity contribution is 7.11. The number of halogens is 3. The van der Waals surface area contributed by atoms with Crippen molar-refractivity contribution in [2.75, 3.05) is 13.1 Å². The predicted molar refractivity (Wildman–Crippen MR) is 54.6 cm³/mol. The fraction of sp³-hybridized carbons (Fsp3) is 0.667. The van der Waals surface area contributed by atoms with E-state index in [-0.39, 0.29) is 19.0 Å². The van der Waals surface area contributed by atoms with E-state index in [0.29, 0.717) is 11.4 Å². The maximum absolute atomic E-state index is 12.2. The minimum atomic E-state index is -4.79. The molecule has 0 N–H and O–H groups in total. The van der Waals surface area contributed by atoms with E-state index in [1.165, 1.54) is 11.3 Å². The number of carbonyl (C=O) groups is 1. The number of aryl methyl sites for hydroxylation is 1. The fourth-order valence-corrected chi connectivity index (χ4v) is 2.63. The molecule has 1 aliphatic heterocycles. The standard InChI is InChI=1S/C9H10F3N3OS/c1-5-13-14-7(17-5)6-2-3-15(4-6)8(16)9(10,11)12/h6H,2-4H2,1H3. The van der Waals surface area contributed by atoms with Gasteiger partial charge in [0.25, 0.3) is 0 Å². The lowest BCUT2D eigenvalue weighted by molar-refractivity contribution is -0.184. The summed E-state index contributed by atoms with van der Waals surface area (Å²) >= 11 is 1.36. The Morgan fingerprint density at radius 3 is 2.71 bits per heavy atom. The number of aromatic nitrogens is 2. The molecule has 0 spiro atoms. The Morgan fingerprint density at radius 1 is 1.47 bits per heavy atom. The van der Waals surface area contributed by atoms with Crippen molar-refractivity contribution in [2.24, 2.45) is 0 Å². The van der Waals surface area contributed by atoms with E-state index in [2.05, 4.69) is 10.2 Å². The van der Waals surface area contributed by atoms with Gasteiger partial charge in [0.1, 0.15) is 10.0 Å². The first-order valence-corrected chi connectivity index (χ1v) is 5.85. The average Bonchev–Trinajstić information content (AvgIpc) is 2.83. The number of likely N-dealkylation sites (tertiary alicyclic amines) is 1. The Hall–Kier alpha value is -1.18. The summed E-state index contributed by atoms with van der Waals surface area (Å²) in [6, 6.07) is 0. The van der Waals surface area contributed by atoms with Gasteiger partial charge in [-0.2, -0.15) is 13.2 Å². The third-order valence-corrected chi connectivity index (χ3v) is 3.61. The molecule has 1 saturated heterocycles. The van der Waals surface area contributed by atoms with Crippen LogP contribution in [0.2, 0.25) is 0 Å². The number of rotatable bonds is 1. The molecule has 0 aliphatic carbocycles. The first-order chi connectivity index (χ1) is 7.88. The van der Waals surface area contributed by atoms with Crippen molar-refractivity contribution in [1.82, 2.24) is 15.1 Å². The number of amides is 1. The lowest BCUT2D eigenvalue weighted by Crippen LogP contribution is -2.39. The molecule has 0 bridgehead atoms. The molecule has 2 rings (SSSR count). The van der Waals surface area contributed by atoms with Crippen LogP contribution in [0.4, 0.5) is 13.2 Å². The van der Waals surface area contributed by atoms with Gasteiger partial charge in [-0.3, -0.25) is 4.79 Å². The highest BCUT2D eigenvalue weighted by atomic mass is 32.1. The molecule has 1 fully saturated rings. The molecule has 94 valence electrons. The molecule has 0 radical (unpaired) electrons. The van der Waals surface area contributed by atoms with E-state index in [9.17, 15) is 18.0 Å². The van der Waals surface area contributed by atoms with Gasteiger partial charge in [0.05, 0.1) is 0 Å². The van der Waals surface area contributed by atoms with E-state index in [1.807, 2.05) is 0 Å². The number of nitrogens with zero attached hydrogens (tertiary/aromatic N) is 3. The van der Waals surface area contributed by atoms with E-state index in [4.69, 9.17) is 0 Å². The van der Waals surface area contributed by atoms with E-state index in [0.717, 1.165) is 9.91 Å². The van der Waals surface area contributed by atoms with Crippen LogP contribution in [0.15, 0.2) is 0 Å². The Kier molecular flexibility index (Phi) is 3.07. The second-order valence-corrected chi connectivity index (χ2v) is 5.11. The summed E-state index contributed by atoms with van der Waals surface area (Å²) in [6.45, 7) is 1.99. The Morgan fingerprint density at radius 2 is 2.18 bits per heavy atom. The monoisotopic (exact) mass is 265 g/mol. The molecule has 1 atom stereocenters. The van der Waals surface area contributed by atoms with E-state index >= 15 is 0 Å². The highest BCUT2D eigenvalue weighted by Gasteiger charge is 2.45. The van der Waals surface area contributed by atoms with Gasteiger partial charge >= 0.3 is 12.1 Å². The molecule has 8 heteroatoms. The van der Waals surface area contributed by atoms with Gasteiger partial charge in [0.2, 0.25) is 0 Å². The van der Waals surface area contributed by atoms with Crippen molar-refractivity contribution in [3.63, 3.8) is 0 Å². The second-order valence-electron chi connectivity index (χ2n) is 3.89. The summed E-state index contributed by atoms with van der Waals surface area (Å²) in [4.78, 5) is 11.9. The topological polar surface area (TPSA) is 46.1 Å². The van der Waals surface area contributed by atoms with Crippen molar-refractivity contribution in [2.45, 2.75) is 25.4 Å². The van der Waals surface area contributed by atoms with Crippen LogP contribution in [-0.4, -0.2) is 40.3 Å². The van der Waals surface area contributed by atoms with Gasteiger partial charge in [-0.25, -0.2) is 0 Å². The molecule has 1 aliphatic rings. The molecule has 4 nitrogen and oxygen atoms in total. The van der Waals surface area contributed by atoms with Gasteiger partial charge in [0.15, 0.2) is 0 Å². The Balaban J connectivity index is 2.03. The van der Waals surface area contributed by atoms with Crippen molar-refractivity contribution in [1.29, 1.82) is 0 Å². The molecular weight excluding hydrogens is 255 g/mol.